The van der Waals surface area contributed by atoms with E-state index in [9.17, 15) is 26.4 Å². The number of anilines is 1. The molecule has 0 fully saturated rings. The molecule has 0 aromatic carbocycles. The van der Waals surface area contributed by atoms with Crippen molar-refractivity contribution in [3.05, 3.63) is 15.9 Å². The largest absolute Gasteiger partial charge is 0.314 e. The number of carbonyl (C=O) groups excluding carboxylic acids is 1. The molecule has 12 heteroatoms. The van der Waals surface area contributed by atoms with Crippen molar-refractivity contribution in [1.82, 2.24) is 4.98 Å². The summed E-state index contributed by atoms with van der Waals surface area (Å²) in [7, 11) is -9.97. The number of amides is 1. The SMILES string of the molecule is Cc1c(S(=O)(=O)O)c(NC=O)[nH]c(=O)c1S(=O)(=O)O. The number of aromatic nitrogens is 1. The summed E-state index contributed by atoms with van der Waals surface area (Å²) in [5, 5.41) is 1.79. The first-order valence-electron chi connectivity index (χ1n) is 4.42. The predicted molar refractivity (Wildman–Crippen MR) is 61.1 cm³/mol. The fourth-order valence-electron chi connectivity index (χ4n) is 1.48. The fourth-order valence-corrected chi connectivity index (χ4v) is 3.18. The third-order valence-corrected chi connectivity index (χ3v) is 4.11. The molecular formula is C7H8N2O8S2. The molecule has 4 N–H and O–H groups in total. The fraction of sp³-hybridized carbons (Fsp3) is 0.143. The minimum atomic E-state index is -5.01. The second-order valence-corrected chi connectivity index (χ2v) is 6.04. The molecule has 0 radical (unpaired) electrons. The second-order valence-electron chi connectivity index (χ2n) is 3.32. The summed E-state index contributed by atoms with van der Waals surface area (Å²) in [4.78, 5) is 21.2. The lowest BCUT2D eigenvalue weighted by Gasteiger charge is -2.10. The van der Waals surface area contributed by atoms with Crippen molar-refractivity contribution in [3.8, 4) is 0 Å². The van der Waals surface area contributed by atoms with Gasteiger partial charge in [0.2, 0.25) is 6.41 Å². The molecule has 0 saturated carbocycles. The zero-order valence-corrected chi connectivity index (χ0v) is 10.9. The first-order valence-corrected chi connectivity index (χ1v) is 7.30. The van der Waals surface area contributed by atoms with E-state index in [0.717, 1.165) is 6.92 Å². The average molecular weight is 312 g/mol. The normalized spacial score (nSPS) is 12.2. The summed E-state index contributed by atoms with van der Waals surface area (Å²) in [6, 6.07) is 0. The van der Waals surface area contributed by atoms with Crippen LogP contribution >= 0.6 is 0 Å². The molecule has 0 spiro atoms. The van der Waals surface area contributed by atoms with Gasteiger partial charge in [-0.1, -0.05) is 0 Å². The zero-order chi connectivity index (χ0) is 15.0. The lowest BCUT2D eigenvalue weighted by atomic mass is 10.3. The van der Waals surface area contributed by atoms with E-state index >= 15 is 0 Å². The van der Waals surface area contributed by atoms with Gasteiger partial charge in [-0.05, 0) is 6.92 Å². The van der Waals surface area contributed by atoms with E-state index < -0.39 is 47.0 Å². The molecule has 1 aromatic heterocycles. The molecule has 0 bridgehead atoms. The highest BCUT2D eigenvalue weighted by atomic mass is 32.2. The number of aromatic amines is 1. The van der Waals surface area contributed by atoms with Gasteiger partial charge in [0, 0.05) is 5.56 Å². The van der Waals surface area contributed by atoms with E-state index in [4.69, 9.17) is 9.11 Å². The Morgan fingerprint density at radius 1 is 1.11 bits per heavy atom. The topological polar surface area (TPSA) is 171 Å². The van der Waals surface area contributed by atoms with Gasteiger partial charge in [-0.3, -0.25) is 18.7 Å². The lowest BCUT2D eigenvalue weighted by molar-refractivity contribution is -0.105. The van der Waals surface area contributed by atoms with Crippen molar-refractivity contribution in [3.63, 3.8) is 0 Å². The minimum absolute atomic E-state index is 0.00646. The quantitative estimate of drug-likeness (QED) is 0.394. The van der Waals surface area contributed by atoms with E-state index in [1.807, 2.05) is 0 Å². The van der Waals surface area contributed by atoms with Crippen molar-refractivity contribution < 1.29 is 30.7 Å². The Hall–Kier alpha value is -1.76. The molecule has 10 nitrogen and oxygen atoms in total. The van der Waals surface area contributed by atoms with Crippen LogP contribution in [0.1, 0.15) is 5.56 Å². The van der Waals surface area contributed by atoms with Crippen LogP contribution in [-0.2, 0) is 25.0 Å². The number of hydrogen-bond acceptors (Lipinski definition) is 6. The smallest absolute Gasteiger partial charge is 0.300 e. The van der Waals surface area contributed by atoms with Crippen molar-refractivity contribution in [2.75, 3.05) is 5.32 Å². The Morgan fingerprint density at radius 2 is 1.58 bits per heavy atom. The van der Waals surface area contributed by atoms with Gasteiger partial charge in [0.05, 0.1) is 0 Å². The van der Waals surface area contributed by atoms with Gasteiger partial charge in [0.25, 0.3) is 25.8 Å². The van der Waals surface area contributed by atoms with Crippen LogP contribution in [0.4, 0.5) is 5.82 Å². The number of nitrogens with one attached hydrogen (secondary N) is 2. The van der Waals surface area contributed by atoms with Gasteiger partial charge in [-0.25, -0.2) is 0 Å². The molecule has 1 aromatic rings. The molecule has 0 atom stereocenters. The van der Waals surface area contributed by atoms with Crippen molar-refractivity contribution in [2.45, 2.75) is 16.7 Å². The summed E-state index contributed by atoms with van der Waals surface area (Å²) < 4.78 is 62.1. The number of carbonyl (C=O) groups is 1. The third-order valence-electron chi connectivity index (χ3n) is 2.07. The van der Waals surface area contributed by atoms with Crippen LogP contribution in [0.5, 0.6) is 0 Å². The van der Waals surface area contributed by atoms with Crippen LogP contribution in [0.25, 0.3) is 0 Å². The average Bonchev–Trinajstić information content (AvgIpc) is 2.11. The van der Waals surface area contributed by atoms with Crippen LogP contribution in [-0.4, -0.2) is 37.3 Å². The van der Waals surface area contributed by atoms with Crippen molar-refractivity contribution in [1.29, 1.82) is 0 Å². The third kappa shape index (κ3) is 2.98. The highest BCUT2D eigenvalue weighted by molar-refractivity contribution is 7.86. The van der Waals surface area contributed by atoms with Gasteiger partial charge in [-0.15, -0.1) is 0 Å². The maximum atomic E-state index is 11.4. The maximum Gasteiger partial charge on any atom is 0.300 e. The van der Waals surface area contributed by atoms with Crippen molar-refractivity contribution in [2.24, 2.45) is 0 Å². The van der Waals surface area contributed by atoms with E-state index in [0.29, 0.717) is 0 Å². The van der Waals surface area contributed by atoms with Crippen LogP contribution in [0, 0.1) is 6.92 Å². The summed E-state index contributed by atoms with van der Waals surface area (Å²) >= 11 is 0. The van der Waals surface area contributed by atoms with Crippen LogP contribution in [0.3, 0.4) is 0 Å². The molecule has 0 saturated heterocycles. The molecule has 1 heterocycles. The van der Waals surface area contributed by atoms with E-state index in [1.165, 1.54) is 0 Å². The molecule has 0 aliphatic heterocycles. The molecule has 1 rings (SSSR count). The lowest BCUT2D eigenvalue weighted by Crippen LogP contribution is -2.24. The van der Waals surface area contributed by atoms with Crippen LogP contribution in [0.2, 0.25) is 0 Å². The highest BCUT2D eigenvalue weighted by Gasteiger charge is 2.28. The summed E-state index contributed by atoms with van der Waals surface area (Å²) in [5.74, 6) is -0.715. The van der Waals surface area contributed by atoms with E-state index in [1.54, 1.807) is 10.3 Å². The molecule has 0 unspecified atom stereocenters. The predicted octanol–water partition coefficient (Wildman–Crippen LogP) is -1.25. The van der Waals surface area contributed by atoms with Gasteiger partial charge >= 0.3 is 0 Å². The Bertz CT molecular complexity index is 789. The summed E-state index contributed by atoms with van der Waals surface area (Å²) in [6.45, 7) is 0.872. The second kappa shape index (κ2) is 4.73. The highest BCUT2D eigenvalue weighted by Crippen LogP contribution is 2.25. The Balaban J connectivity index is 3.99. The maximum absolute atomic E-state index is 11.4. The molecule has 0 aliphatic rings. The zero-order valence-electron chi connectivity index (χ0n) is 9.24. The summed E-state index contributed by atoms with van der Waals surface area (Å²) in [6.07, 6.45) is 0.00646. The Kier molecular flexibility index (Phi) is 3.81. The van der Waals surface area contributed by atoms with E-state index in [-0.39, 0.29) is 6.41 Å². The van der Waals surface area contributed by atoms with Crippen LogP contribution in [0.15, 0.2) is 14.6 Å². The van der Waals surface area contributed by atoms with Gasteiger partial charge in [0.15, 0.2) is 4.90 Å². The molecular weight excluding hydrogens is 304 g/mol. The first-order chi connectivity index (χ1) is 8.50. The molecule has 106 valence electrons. The van der Waals surface area contributed by atoms with Gasteiger partial charge in [-0.2, -0.15) is 16.8 Å². The summed E-state index contributed by atoms with van der Waals surface area (Å²) in [5.41, 5.74) is -2.07. The van der Waals surface area contributed by atoms with Crippen LogP contribution < -0.4 is 10.9 Å². The molecule has 0 aliphatic carbocycles. The number of rotatable bonds is 4. The molecule has 19 heavy (non-hydrogen) atoms. The van der Waals surface area contributed by atoms with Gasteiger partial charge < -0.3 is 10.3 Å². The number of hydrogen-bond donors (Lipinski definition) is 4. The number of pyridine rings is 1. The standard InChI is InChI=1S/C7H8N2O8S2/c1-3-4(18(12,13)14)6(8-2-10)9-7(11)5(3)19(15,16)17/h2H,1H3,(H,12,13,14)(H,15,16,17)(H2,8,9,10,11). The Morgan fingerprint density at radius 3 is 1.95 bits per heavy atom. The van der Waals surface area contributed by atoms with Gasteiger partial charge in [0.1, 0.15) is 10.7 Å². The van der Waals surface area contributed by atoms with Crippen molar-refractivity contribution >= 4 is 32.5 Å². The number of H-pyrrole nitrogens is 1. The first kappa shape index (κ1) is 15.3. The van der Waals surface area contributed by atoms with E-state index in [2.05, 4.69) is 0 Å². The monoisotopic (exact) mass is 312 g/mol. The molecule has 1 amide bonds. The Labute approximate surface area is 107 Å². The minimum Gasteiger partial charge on any atom is -0.314 e.